The molecule has 0 aliphatic carbocycles. The molecule has 0 aliphatic heterocycles. The van der Waals surface area contributed by atoms with Crippen LogP contribution in [0.3, 0.4) is 0 Å². The average molecular weight is 193 g/mol. The van der Waals surface area contributed by atoms with Gasteiger partial charge in [0, 0.05) is 29.7 Å². The predicted molar refractivity (Wildman–Crippen MR) is 59.6 cm³/mol. The SMILES string of the molecule is CC(C)CCC(N)c1cnccc1N. The molecule has 0 saturated carbocycles. The molecular weight excluding hydrogens is 174 g/mol. The Bertz CT molecular complexity index is 284. The third kappa shape index (κ3) is 3.00. The highest BCUT2D eigenvalue weighted by Crippen LogP contribution is 2.22. The van der Waals surface area contributed by atoms with Crippen LogP contribution < -0.4 is 11.5 Å². The maximum Gasteiger partial charge on any atom is 0.0393 e. The normalized spacial score (nSPS) is 13.1. The van der Waals surface area contributed by atoms with E-state index in [-0.39, 0.29) is 6.04 Å². The largest absolute Gasteiger partial charge is 0.398 e. The molecule has 0 aliphatic rings. The lowest BCUT2D eigenvalue weighted by Gasteiger charge is -2.14. The molecule has 1 atom stereocenters. The Kier molecular flexibility index (Phi) is 3.89. The number of hydrogen-bond acceptors (Lipinski definition) is 3. The molecule has 3 nitrogen and oxygen atoms in total. The number of hydrogen-bond donors (Lipinski definition) is 2. The fraction of sp³-hybridized carbons (Fsp3) is 0.545. The Hall–Kier alpha value is -1.09. The lowest BCUT2D eigenvalue weighted by Crippen LogP contribution is -2.13. The molecule has 0 fully saturated rings. The van der Waals surface area contributed by atoms with Gasteiger partial charge in [-0.2, -0.15) is 0 Å². The molecule has 0 aromatic carbocycles. The number of nitrogen functional groups attached to an aromatic ring is 1. The number of nitrogens with zero attached hydrogens (tertiary/aromatic N) is 1. The molecule has 0 saturated heterocycles. The van der Waals surface area contributed by atoms with Crippen LogP contribution in [0.2, 0.25) is 0 Å². The van der Waals surface area contributed by atoms with Crippen molar-refractivity contribution < 1.29 is 0 Å². The second-order valence-corrected chi connectivity index (χ2v) is 4.08. The van der Waals surface area contributed by atoms with Gasteiger partial charge in [0.2, 0.25) is 0 Å². The Balaban J connectivity index is 2.60. The molecule has 1 heterocycles. The van der Waals surface area contributed by atoms with Crippen LogP contribution in [0, 0.1) is 5.92 Å². The molecule has 0 amide bonds. The van der Waals surface area contributed by atoms with Crippen LogP contribution in [0.5, 0.6) is 0 Å². The highest BCUT2D eigenvalue weighted by molar-refractivity contribution is 5.45. The molecular formula is C11H19N3. The van der Waals surface area contributed by atoms with Crippen molar-refractivity contribution in [3.63, 3.8) is 0 Å². The Morgan fingerprint density at radius 1 is 1.36 bits per heavy atom. The van der Waals surface area contributed by atoms with Gasteiger partial charge < -0.3 is 11.5 Å². The smallest absolute Gasteiger partial charge is 0.0393 e. The standard InChI is InChI=1S/C11H19N3/c1-8(2)3-4-10(12)9-7-14-6-5-11(9)13/h5-8,10H,3-4,12H2,1-2H3,(H2,13,14). The van der Waals surface area contributed by atoms with Crippen LogP contribution in [0.1, 0.15) is 38.3 Å². The van der Waals surface area contributed by atoms with Crippen molar-refractivity contribution in [2.45, 2.75) is 32.7 Å². The molecule has 78 valence electrons. The van der Waals surface area contributed by atoms with Gasteiger partial charge in [0.05, 0.1) is 0 Å². The first-order chi connectivity index (χ1) is 6.61. The van der Waals surface area contributed by atoms with E-state index in [1.165, 1.54) is 0 Å². The minimum absolute atomic E-state index is 0.0195. The third-order valence-corrected chi connectivity index (χ3v) is 2.34. The Morgan fingerprint density at radius 2 is 2.07 bits per heavy atom. The van der Waals surface area contributed by atoms with E-state index in [2.05, 4.69) is 18.8 Å². The van der Waals surface area contributed by atoms with Gasteiger partial charge in [0.1, 0.15) is 0 Å². The summed E-state index contributed by atoms with van der Waals surface area (Å²) in [6.45, 7) is 4.39. The Morgan fingerprint density at radius 3 is 2.64 bits per heavy atom. The second-order valence-electron chi connectivity index (χ2n) is 4.08. The molecule has 3 heteroatoms. The quantitative estimate of drug-likeness (QED) is 0.769. The van der Waals surface area contributed by atoms with Crippen LogP contribution in [0.4, 0.5) is 5.69 Å². The summed E-state index contributed by atoms with van der Waals surface area (Å²) in [6, 6.07) is 1.82. The maximum atomic E-state index is 6.02. The fourth-order valence-corrected chi connectivity index (χ4v) is 1.40. The number of pyridine rings is 1. The topological polar surface area (TPSA) is 64.9 Å². The molecule has 4 N–H and O–H groups in total. The Labute approximate surface area is 85.5 Å². The zero-order valence-electron chi connectivity index (χ0n) is 8.90. The zero-order valence-corrected chi connectivity index (χ0v) is 8.90. The van der Waals surface area contributed by atoms with Gasteiger partial charge >= 0.3 is 0 Å². The maximum absolute atomic E-state index is 6.02. The van der Waals surface area contributed by atoms with Crippen molar-refractivity contribution in [3.8, 4) is 0 Å². The van der Waals surface area contributed by atoms with E-state index >= 15 is 0 Å². The van der Waals surface area contributed by atoms with Gasteiger partial charge in [-0.05, 0) is 24.8 Å². The van der Waals surface area contributed by atoms with E-state index in [1.807, 2.05) is 0 Å². The molecule has 0 bridgehead atoms. The number of nitrogens with two attached hydrogens (primary N) is 2. The van der Waals surface area contributed by atoms with E-state index in [0.717, 1.165) is 24.1 Å². The summed E-state index contributed by atoms with van der Waals surface area (Å²) in [6.07, 6.45) is 5.54. The van der Waals surface area contributed by atoms with Crippen LogP contribution in [0.25, 0.3) is 0 Å². The van der Waals surface area contributed by atoms with E-state index in [4.69, 9.17) is 11.5 Å². The van der Waals surface area contributed by atoms with Gasteiger partial charge in [-0.3, -0.25) is 4.98 Å². The number of rotatable bonds is 4. The van der Waals surface area contributed by atoms with Crippen molar-refractivity contribution in [1.82, 2.24) is 4.98 Å². The number of anilines is 1. The molecule has 1 aromatic heterocycles. The zero-order chi connectivity index (χ0) is 10.6. The van der Waals surface area contributed by atoms with Crippen LogP contribution >= 0.6 is 0 Å². The van der Waals surface area contributed by atoms with Crippen molar-refractivity contribution in [2.24, 2.45) is 11.7 Å². The molecule has 1 rings (SSSR count). The van der Waals surface area contributed by atoms with Gasteiger partial charge in [-0.25, -0.2) is 0 Å². The van der Waals surface area contributed by atoms with Crippen molar-refractivity contribution in [1.29, 1.82) is 0 Å². The summed E-state index contributed by atoms with van der Waals surface area (Å²) < 4.78 is 0. The van der Waals surface area contributed by atoms with Crippen molar-refractivity contribution >= 4 is 5.69 Å². The van der Waals surface area contributed by atoms with E-state index in [1.54, 1.807) is 18.5 Å². The number of aromatic nitrogens is 1. The average Bonchev–Trinajstić information content (AvgIpc) is 2.15. The van der Waals surface area contributed by atoms with Gasteiger partial charge in [-0.1, -0.05) is 13.8 Å². The van der Waals surface area contributed by atoms with E-state index in [9.17, 15) is 0 Å². The van der Waals surface area contributed by atoms with Crippen molar-refractivity contribution in [2.75, 3.05) is 5.73 Å². The van der Waals surface area contributed by atoms with Crippen LogP contribution in [0.15, 0.2) is 18.5 Å². The molecule has 0 radical (unpaired) electrons. The minimum atomic E-state index is 0.0195. The van der Waals surface area contributed by atoms with Gasteiger partial charge in [0.25, 0.3) is 0 Å². The van der Waals surface area contributed by atoms with Crippen molar-refractivity contribution in [3.05, 3.63) is 24.0 Å². The summed E-state index contributed by atoms with van der Waals surface area (Å²) in [7, 11) is 0. The molecule has 1 unspecified atom stereocenters. The van der Waals surface area contributed by atoms with Crippen LogP contribution in [-0.4, -0.2) is 4.98 Å². The van der Waals surface area contributed by atoms with Crippen LogP contribution in [-0.2, 0) is 0 Å². The predicted octanol–water partition coefficient (Wildman–Crippen LogP) is 2.10. The first-order valence-corrected chi connectivity index (χ1v) is 5.06. The first-order valence-electron chi connectivity index (χ1n) is 5.06. The molecule has 0 spiro atoms. The summed E-state index contributed by atoms with van der Waals surface area (Å²) in [5, 5.41) is 0. The first kappa shape index (κ1) is 11.0. The monoisotopic (exact) mass is 193 g/mol. The highest BCUT2D eigenvalue weighted by atomic mass is 14.7. The molecule has 14 heavy (non-hydrogen) atoms. The van der Waals surface area contributed by atoms with Gasteiger partial charge in [0.15, 0.2) is 0 Å². The third-order valence-electron chi connectivity index (χ3n) is 2.34. The van der Waals surface area contributed by atoms with Gasteiger partial charge in [-0.15, -0.1) is 0 Å². The lowest BCUT2D eigenvalue weighted by atomic mass is 9.99. The fourth-order valence-electron chi connectivity index (χ4n) is 1.40. The summed E-state index contributed by atoms with van der Waals surface area (Å²) >= 11 is 0. The highest BCUT2D eigenvalue weighted by Gasteiger charge is 2.09. The second kappa shape index (κ2) is 4.96. The summed E-state index contributed by atoms with van der Waals surface area (Å²) in [5.74, 6) is 0.680. The van der Waals surface area contributed by atoms with E-state index < -0.39 is 0 Å². The summed E-state index contributed by atoms with van der Waals surface area (Å²) in [5.41, 5.74) is 13.5. The van der Waals surface area contributed by atoms with E-state index in [0.29, 0.717) is 5.92 Å². The summed E-state index contributed by atoms with van der Waals surface area (Å²) in [4.78, 5) is 4.03. The minimum Gasteiger partial charge on any atom is -0.398 e. The lowest BCUT2D eigenvalue weighted by molar-refractivity contribution is 0.507. The molecule has 1 aromatic rings.